The lowest BCUT2D eigenvalue weighted by Gasteiger charge is -2.14. The third-order valence-corrected chi connectivity index (χ3v) is 4.15. The van der Waals surface area contributed by atoms with Crippen molar-refractivity contribution in [1.82, 2.24) is 4.98 Å². The molecule has 4 rings (SSSR count). The Bertz CT molecular complexity index is 1070. The Balaban J connectivity index is 2.32. The minimum absolute atomic E-state index is 0.103. The smallest absolute Gasteiger partial charge is 0.243 e. The third kappa shape index (κ3) is 2.21. The van der Waals surface area contributed by atoms with Crippen LogP contribution in [0.5, 0.6) is 0 Å². The number of para-hydroxylation sites is 1. The van der Waals surface area contributed by atoms with Crippen LogP contribution in [0, 0.1) is 0 Å². The fourth-order valence-electron chi connectivity index (χ4n) is 2.97. The van der Waals surface area contributed by atoms with Crippen molar-refractivity contribution in [3.63, 3.8) is 0 Å². The highest BCUT2D eigenvalue weighted by Crippen LogP contribution is 2.39. The summed E-state index contributed by atoms with van der Waals surface area (Å²) in [5.74, 6) is 0. The van der Waals surface area contributed by atoms with Crippen LogP contribution in [0.3, 0.4) is 0 Å². The molecule has 0 radical (unpaired) electrons. The third-order valence-electron chi connectivity index (χ3n) is 3.91. The van der Waals surface area contributed by atoms with Gasteiger partial charge in [-0.05, 0) is 29.0 Å². The lowest BCUT2D eigenvalue weighted by Crippen LogP contribution is -2.09. The van der Waals surface area contributed by atoms with Gasteiger partial charge in [0.2, 0.25) is 0 Å². The van der Waals surface area contributed by atoms with E-state index in [1.54, 1.807) is 48.5 Å². The lowest BCUT2D eigenvalue weighted by molar-refractivity contribution is -0.139. The van der Waals surface area contributed by atoms with Gasteiger partial charge in [0.15, 0.2) is 5.69 Å². The number of benzene rings is 3. The monoisotopic (exact) mass is 331 g/mol. The number of rotatable bonds is 0. The molecule has 23 heavy (non-hydrogen) atoms. The lowest BCUT2D eigenvalue weighted by atomic mass is 9.97. The first kappa shape index (κ1) is 14.3. The van der Waals surface area contributed by atoms with Crippen molar-refractivity contribution in [1.29, 1.82) is 0 Å². The van der Waals surface area contributed by atoms with Gasteiger partial charge in [0.05, 0.1) is 5.52 Å². The van der Waals surface area contributed by atoms with E-state index in [0.717, 1.165) is 10.8 Å². The standard InChI is InChI=1S/C18H9ClF3N/c19-11-6-8-12-10(9-11)5-7-14-16(12)13-3-1-2-4-15(13)23-17(14)18(20,21)22/h1-9H. The van der Waals surface area contributed by atoms with Crippen molar-refractivity contribution in [3.05, 3.63) is 65.3 Å². The first-order chi connectivity index (χ1) is 10.9. The predicted molar refractivity (Wildman–Crippen MR) is 86.8 cm³/mol. The van der Waals surface area contributed by atoms with Crippen LogP contribution in [0.25, 0.3) is 32.4 Å². The van der Waals surface area contributed by atoms with Gasteiger partial charge in [-0.1, -0.05) is 48.0 Å². The molecule has 1 heterocycles. The Morgan fingerprint density at radius 1 is 0.826 bits per heavy atom. The number of nitrogens with zero attached hydrogens (tertiary/aromatic N) is 1. The van der Waals surface area contributed by atoms with E-state index in [1.807, 2.05) is 0 Å². The molecular formula is C18H9ClF3N. The zero-order chi connectivity index (χ0) is 16.2. The van der Waals surface area contributed by atoms with Crippen molar-refractivity contribution in [2.45, 2.75) is 6.18 Å². The zero-order valence-electron chi connectivity index (χ0n) is 11.7. The summed E-state index contributed by atoms with van der Waals surface area (Å²) in [6, 6.07) is 15.2. The molecule has 4 aromatic rings. The fraction of sp³-hybridized carbons (Fsp3) is 0.0556. The summed E-state index contributed by atoms with van der Waals surface area (Å²) in [6.07, 6.45) is -4.51. The molecule has 0 saturated heterocycles. The Labute approximate surface area is 134 Å². The van der Waals surface area contributed by atoms with Gasteiger partial charge < -0.3 is 0 Å². The highest BCUT2D eigenvalue weighted by molar-refractivity contribution is 6.32. The number of fused-ring (bicyclic) bond motifs is 5. The Kier molecular flexibility index (Phi) is 3.00. The number of hydrogen-bond acceptors (Lipinski definition) is 1. The summed E-state index contributed by atoms with van der Waals surface area (Å²) in [7, 11) is 0. The maximum absolute atomic E-state index is 13.4. The minimum Gasteiger partial charge on any atom is -0.243 e. The summed E-state index contributed by atoms with van der Waals surface area (Å²) in [4.78, 5) is 3.85. The van der Waals surface area contributed by atoms with Crippen LogP contribution in [-0.2, 0) is 6.18 Å². The molecule has 5 heteroatoms. The molecule has 0 amide bonds. The van der Waals surface area contributed by atoms with Gasteiger partial charge in [-0.15, -0.1) is 0 Å². The van der Waals surface area contributed by atoms with Crippen molar-refractivity contribution < 1.29 is 13.2 Å². The van der Waals surface area contributed by atoms with Crippen LogP contribution in [-0.4, -0.2) is 4.98 Å². The molecule has 0 unspecified atom stereocenters. The summed E-state index contributed by atoms with van der Waals surface area (Å²) >= 11 is 6.00. The Morgan fingerprint density at radius 3 is 2.35 bits per heavy atom. The van der Waals surface area contributed by atoms with Gasteiger partial charge in [0.25, 0.3) is 0 Å². The number of alkyl halides is 3. The van der Waals surface area contributed by atoms with Gasteiger partial charge in [-0.3, -0.25) is 0 Å². The van der Waals surface area contributed by atoms with Gasteiger partial charge >= 0.3 is 6.18 Å². The molecule has 0 saturated carbocycles. The molecule has 0 aliphatic rings. The van der Waals surface area contributed by atoms with Crippen molar-refractivity contribution in [2.24, 2.45) is 0 Å². The minimum atomic E-state index is -4.51. The van der Waals surface area contributed by atoms with E-state index in [1.165, 1.54) is 6.07 Å². The molecule has 0 N–H and O–H groups in total. The molecule has 114 valence electrons. The Hall–Kier alpha value is -2.33. The molecule has 0 bridgehead atoms. The molecule has 0 aliphatic heterocycles. The molecule has 1 aromatic heterocycles. The van der Waals surface area contributed by atoms with Crippen LogP contribution in [0.4, 0.5) is 13.2 Å². The molecular weight excluding hydrogens is 323 g/mol. The van der Waals surface area contributed by atoms with Gasteiger partial charge in [0.1, 0.15) is 0 Å². The summed E-state index contributed by atoms with van der Waals surface area (Å²) in [5.41, 5.74) is -0.530. The first-order valence-electron chi connectivity index (χ1n) is 6.93. The normalized spacial score (nSPS) is 12.3. The van der Waals surface area contributed by atoms with Crippen LogP contribution >= 0.6 is 11.6 Å². The van der Waals surface area contributed by atoms with Crippen molar-refractivity contribution in [3.8, 4) is 0 Å². The SMILES string of the molecule is FC(F)(F)c1nc2ccccc2c2c1ccc1cc(Cl)ccc12. The van der Waals surface area contributed by atoms with Gasteiger partial charge in [0, 0.05) is 21.2 Å². The summed E-state index contributed by atoms with van der Waals surface area (Å²) in [5, 5.41) is 3.43. The number of aromatic nitrogens is 1. The van der Waals surface area contributed by atoms with E-state index in [-0.39, 0.29) is 5.39 Å². The van der Waals surface area contributed by atoms with E-state index < -0.39 is 11.9 Å². The van der Waals surface area contributed by atoms with E-state index >= 15 is 0 Å². The first-order valence-corrected chi connectivity index (χ1v) is 7.31. The molecule has 3 aromatic carbocycles. The van der Waals surface area contributed by atoms with Crippen LogP contribution in [0.2, 0.25) is 5.02 Å². The molecule has 0 atom stereocenters. The Morgan fingerprint density at radius 2 is 1.57 bits per heavy atom. The largest absolute Gasteiger partial charge is 0.433 e. The van der Waals surface area contributed by atoms with Gasteiger partial charge in [-0.25, -0.2) is 4.98 Å². The second-order valence-corrected chi connectivity index (χ2v) is 5.77. The fourth-order valence-corrected chi connectivity index (χ4v) is 3.15. The topological polar surface area (TPSA) is 12.9 Å². The molecule has 1 nitrogen and oxygen atoms in total. The maximum atomic E-state index is 13.4. The summed E-state index contributed by atoms with van der Waals surface area (Å²) < 4.78 is 40.3. The summed E-state index contributed by atoms with van der Waals surface area (Å²) in [6.45, 7) is 0. The molecule has 0 aliphatic carbocycles. The quantitative estimate of drug-likeness (QED) is 0.349. The number of halogens is 4. The highest BCUT2D eigenvalue weighted by atomic mass is 35.5. The number of hydrogen-bond donors (Lipinski definition) is 0. The van der Waals surface area contributed by atoms with E-state index in [0.29, 0.717) is 21.3 Å². The van der Waals surface area contributed by atoms with E-state index in [4.69, 9.17) is 11.6 Å². The second-order valence-electron chi connectivity index (χ2n) is 5.33. The van der Waals surface area contributed by atoms with E-state index in [9.17, 15) is 13.2 Å². The van der Waals surface area contributed by atoms with Crippen LogP contribution in [0.15, 0.2) is 54.6 Å². The highest BCUT2D eigenvalue weighted by Gasteiger charge is 2.35. The molecule has 0 fully saturated rings. The van der Waals surface area contributed by atoms with Crippen molar-refractivity contribution >= 4 is 44.0 Å². The average Bonchev–Trinajstić information content (AvgIpc) is 2.52. The van der Waals surface area contributed by atoms with Crippen LogP contribution in [0.1, 0.15) is 5.69 Å². The molecule has 0 spiro atoms. The van der Waals surface area contributed by atoms with E-state index in [2.05, 4.69) is 4.98 Å². The number of pyridine rings is 1. The maximum Gasteiger partial charge on any atom is 0.433 e. The zero-order valence-corrected chi connectivity index (χ0v) is 12.4. The second kappa shape index (κ2) is 4.83. The van der Waals surface area contributed by atoms with Crippen molar-refractivity contribution in [2.75, 3.05) is 0 Å². The van der Waals surface area contributed by atoms with Gasteiger partial charge in [-0.2, -0.15) is 13.2 Å². The average molecular weight is 332 g/mol. The predicted octanol–water partition coefficient (Wildman–Crippen LogP) is 6.21. The van der Waals surface area contributed by atoms with Crippen LogP contribution < -0.4 is 0 Å².